The van der Waals surface area contributed by atoms with E-state index in [9.17, 15) is 10.1 Å². The van der Waals surface area contributed by atoms with Gasteiger partial charge in [-0.25, -0.2) is 0 Å². The van der Waals surface area contributed by atoms with Crippen molar-refractivity contribution in [3.63, 3.8) is 0 Å². The third kappa shape index (κ3) is 7.56. The van der Waals surface area contributed by atoms with Gasteiger partial charge in [0.15, 0.2) is 11.5 Å². The number of benzene rings is 3. The minimum Gasteiger partial charge on any atom is -0.485 e. The molecule has 2 heterocycles. The molecule has 49 heavy (non-hydrogen) atoms. The number of amidine groups is 1. The van der Waals surface area contributed by atoms with Gasteiger partial charge in [-0.05, 0) is 49.6 Å². The number of carbonyl (C=O) groups excluding carboxylic acids is 1. The number of ether oxygens (including phenoxy) is 4. The Kier molecular flexibility index (Phi) is 10.2. The Bertz CT molecular complexity index is 1900. The third-order valence-corrected chi connectivity index (χ3v) is 8.33. The number of aliphatic imine (C=N–C) groups is 1. The summed E-state index contributed by atoms with van der Waals surface area (Å²) in [6.07, 6.45) is 1.65. The molecule has 2 aliphatic rings. The molecule has 4 aromatic rings. The average Bonchev–Trinajstić information content (AvgIpc) is 3.77. The van der Waals surface area contributed by atoms with Gasteiger partial charge in [0.25, 0.3) is 11.8 Å². The lowest BCUT2D eigenvalue weighted by Gasteiger charge is -2.23. The highest BCUT2D eigenvalue weighted by molar-refractivity contribution is 5.99. The number of pyridine rings is 1. The van der Waals surface area contributed by atoms with Crippen LogP contribution in [0.2, 0.25) is 0 Å². The van der Waals surface area contributed by atoms with Crippen LogP contribution in [0.1, 0.15) is 42.9 Å². The van der Waals surface area contributed by atoms with Crippen molar-refractivity contribution < 1.29 is 32.5 Å². The molecule has 1 fully saturated rings. The number of aromatic nitrogens is 1. The number of likely N-dealkylation sites (N-methyl/N-ethyl adjacent to an activating group) is 1. The molecule has 0 saturated heterocycles. The highest BCUT2D eigenvalue weighted by Crippen LogP contribution is 2.41. The lowest BCUT2D eigenvalue weighted by atomic mass is 10.0. The summed E-state index contributed by atoms with van der Waals surface area (Å²) in [5.41, 5.74) is 1.28. The van der Waals surface area contributed by atoms with Crippen LogP contribution in [0.4, 0.5) is 14.5 Å². The van der Waals surface area contributed by atoms with E-state index >= 15 is 8.78 Å². The average molecular weight is 668 g/mol. The van der Waals surface area contributed by atoms with Crippen LogP contribution in [0, 0.1) is 28.9 Å². The molecule has 1 aliphatic carbocycles. The molecule has 1 aromatic heterocycles. The molecule has 0 amide bonds. The summed E-state index contributed by atoms with van der Waals surface area (Å²) < 4.78 is 55.8. The number of carbonyl (C=O) groups is 1. The molecule has 10 nitrogen and oxygen atoms in total. The van der Waals surface area contributed by atoms with Crippen LogP contribution in [-0.2, 0) is 16.1 Å². The summed E-state index contributed by atoms with van der Waals surface area (Å²) in [7, 11) is 1.92. The molecule has 1 saturated carbocycles. The second kappa shape index (κ2) is 15.0. The van der Waals surface area contributed by atoms with Crippen molar-refractivity contribution in [2.45, 2.75) is 38.8 Å². The molecule has 2 unspecified atom stereocenters. The van der Waals surface area contributed by atoms with Gasteiger partial charge >= 0.3 is 5.97 Å². The van der Waals surface area contributed by atoms with Crippen LogP contribution in [0.25, 0.3) is 0 Å². The zero-order chi connectivity index (χ0) is 34.3. The third-order valence-electron chi connectivity index (χ3n) is 8.33. The minimum absolute atomic E-state index is 0.0144. The number of nitrogens with zero attached hydrogens (tertiary/aromatic N) is 4. The Morgan fingerprint density at radius 2 is 1.80 bits per heavy atom. The lowest BCUT2D eigenvalue weighted by molar-refractivity contribution is -0.148. The maximum Gasteiger partial charge on any atom is 0.311 e. The summed E-state index contributed by atoms with van der Waals surface area (Å²) in [5, 5.41) is 12.5. The highest BCUT2D eigenvalue weighted by atomic mass is 19.1. The van der Waals surface area contributed by atoms with E-state index in [1.54, 1.807) is 25.1 Å². The van der Waals surface area contributed by atoms with E-state index in [1.165, 1.54) is 18.2 Å². The summed E-state index contributed by atoms with van der Waals surface area (Å²) in [5.74, 6) is -3.30. The normalized spacial score (nSPS) is 16.9. The number of hydrogen-bond acceptors (Lipinski definition) is 10. The number of esters is 1. The van der Waals surface area contributed by atoms with Crippen molar-refractivity contribution in [1.82, 2.24) is 9.88 Å². The first-order valence-electron chi connectivity index (χ1n) is 16.1. The van der Waals surface area contributed by atoms with Crippen molar-refractivity contribution in [1.29, 1.82) is 5.26 Å². The monoisotopic (exact) mass is 667 g/mol. The fourth-order valence-electron chi connectivity index (χ4n) is 5.88. The fraction of sp³-hybridized carbons (Fsp3) is 0.297. The first-order valence-corrected chi connectivity index (χ1v) is 16.1. The van der Waals surface area contributed by atoms with Crippen molar-refractivity contribution >= 4 is 17.5 Å². The highest BCUT2D eigenvalue weighted by Gasteiger charge is 2.36. The van der Waals surface area contributed by atoms with Crippen LogP contribution in [-0.4, -0.2) is 54.5 Å². The summed E-state index contributed by atoms with van der Waals surface area (Å²) >= 11 is 0. The zero-order valence-electron chi connectivity index (χ0n) is 27.1. The van der Waals surface area contributed by atoms with Crippen LogP contribution >= 0.6 is 0 Å². The Balaban J connectivity index is 1.38. The Morgan fingerprint density at radius 3 is 2.53 bits per heavy atom. The van der Waals surface area contributed by atoms with Crippen molar-refractivity contribution in [3.05, 3.63) is 101 Å². The standard InChI is InChI=1S/C37H35F2N5O5/c1-3-46-37(45)27-13-8-14-28(27)42-33-31(38)35(48-26-12-7-11-25(20-26)34-41-17-18-44(34)2)43-36(32(33)39)49-30-19-24(21-40)15-16-29(30)47-22-23-9-5-4-6-10-23/h4-7,9-12,15-16,19-20,27-28H,3,8,13-14,17-18,22H2,1-2H3,(H,42,43). The maximum atomic E-state index is 16.4. The maximum absolute atomic E-state index is 16.4. The molecule has 0 radical (unpaired) electrons. The van der Waals surface area contributed by atoms with E-state index in [-0.39, 0.29) is 36.0 Å². The van der Waals surface area contributed by atoms with Crippen LogP contribution in [0.5, 0.6) is 29.0 Å². The first-order chi connectivity index (χ1) is 23.8. The Morgan fingerprint density at radius 1 is 1.00 bits per heavy atom. The second-order valence-corrected chi connectivity index (χ2v) is 11.7. The number of nitrogens with one attached hydrogen (secondary N) is 1. The second-order valence-electron chi connectivity index (χ2n) is 11.7. The molecule has 1 N–H and O–H groups in total. The molecule has 252 valence electrons. The van der Waals surface area contributed by atoms with Crippen LogP contribution in [0.15, 0.2) is 77.8 Å². The van der Waals surface area contributed by atoms with Crippen molar-refractivity contribution in [2.24, 2.45) is 10.9 Å². The summed E-state index contributed by atoms with van der Waals surface area (Å²) in [4.78, 5) is 23.4. The van der Waals surface area contributed by atoms with Crippen LogP contribution < -0.4 is 19.5 Å². The Hall–Kier alpha value is -5.70. The Labute approximate surface area is 282 Å². The first kappa shape index (κ1) is 33.2. The van der Waals surface area contributed by atoms with Gasteiger partial charge in [0.05, 0.1) is 30.7 Å². The van der Waals surface area contributed by atoms with Gasteiger partial charge in [0.2, 0.25) is 11.6 Å². The van der Waals surface area contributed by atoms with Crippen molar-refractivity contribution in [3.8, 4) is 35.1 Å². The fourth-order valence-corrected chi connectivity index (χ4v) is 5.88. The van der Waals surface area contributed by atoms with Crippen LogP contribution in [0.3, 0.4) is 0 Å². The van der Waals surface area contributed by atoms with Gasteiger partial charge in [-0.1, -0.05) is 48.9 Å². The number of halogens is 2. The smallest absolute Gasteiger partial charge is 0.311 e. The number of rotatable bonds is 12. The van der Waals surface area contributed by atoms with Gasteiger partial charge in [-0.2, -0.15) is 19.0 Å². The summed E-state index contributed by atoms with van der Waals surface area (Å²) in [6.45, 7) is 3.47. The molecule has 12 heteroatoms. The quantitative estimate of drug-likeness (QED) is 0.156. The number of hydrogen-bond donors (Lipinski definition) is 1. The predicted octanol–water partition coefficient (Wildman–Crippen LogP) is 7.23. The van der Waals surface area contributed by atoms with Gasteiger partial charge in [0, 0.05) is 31.3 Å². The van der Waals surface area contributed by atoms with Gasteiger partial charge < -0.3 is 29.2 Å². The molecule has 0 spiro atoms. The molecule has 2 atom stereocenters. The van der Waals surface area contributed by atoms with E-state index in [0.717, 1.165) is 23.5 Å². The van der Waals surface area contributed by atoms with E-state index in [1.807, 2.05) is 54.4 Å². The zero-order valence-corrected chi connectivity index (χ0v) is 27.1. The molecular formula is C37H35F2N5O5. The topological polar surface area (TPSA) is 118 Å². The number of anilines is 1. The lowest BCUT2D eigenvalue weighted by Crippen LogP contribution is -2.32. The van der Waals surface area contributed by atoms with E-state index in [4.69, 9.17) is 18.9 Å². The molecule has 3 aromatic carbocycles. The summed E-state index contributed by atoms with van der Waals surface area (Å²) in [6, 6.07) is 22.2. The van der Waals surface area contributed by atoms with Gasteiger partial charge in [0.1, 0.15) is 23.9 Å². The molecule has 6 rings (SSSR count). The van der Waals surface area contributed by atoms with E-state index in [0.29, 0.717) is 25.8 Å². The molecule has 1 aliphatic heterocycles. The molecular weight excluding hydrogens is 632 g/mol. The molecule has 0 bridgehead atoms. The predicted molar refractivity (Wildman–Crippen MR) is 178 cm³/mol. The van der Waals surface area contributed by atoms with Gasteiger partial charge in [-0.3, -0.25) is 9.79 Å². The van der Waals surface area contributed by atoms with E-state index in [2.05, 4.69) is 15.3 Å². The largest absolute Gasteiger partial charge is 0.485 e. The van der Waals surface area contributed by atoms with Crippen molar-refractivity contribution in [2.75, 3.05) is 32.1 Å². The minimum atomic E-state index is -1.15. The SMILES string of the molecule is CCOC(=O)C1CCCC1Nc1c(F)c(Oc2cccc(C3=NCCN3C)c2)nc(Oc2cc(C#N)ccc2OCc2ccccc2)c1F. The van der Waals surface area contributed by atoms with E-state index < -0.39 is 47.0 Å². The number of nitriles is 1. The van der Waals surface area contributed by atoms with Gasteiger partial charge in [-0.15, -0.1) is 0 Å².